The van der Waals surface area contributed by atoms with Crippen molar-refractivity contribution in [1.29, 1.82) is 0 Å². The number of likely N-dealkylation sites (N-methyl/N-ethyl adjacent to an activating group) is 1. The molecule has 0 aromatic carbocycles. The normalized spacial score (nSPS) is 11.3. The van der Waals surface area contributed by atoms with Gasteiger partial charge in [0.05, 0.1) is 27.7 Å². The highest BCUT2D eigenvalue weighted by atomic mass is 31.2. The first kappa shape index (κ1) is 20.6. The van der Waals surface area contributed by atoms with Crippen LogP contribution in [-0.2, 0) is 18.6 Å². The first-order valence-corrected chi connectivity index (χ1v) is 6.95. The van der Waals surface area contributed by atoms with Gasteiger partial charge in [-0.1, -0.05) is 6.58 Å². The molecule has 8 nitrogen and oxygen atoms in total. The number of rotatable bonds is 7. The molecule has 0 rings (SSSR count). The molecule has 9 heteroatoms. The first-order valence-electron chi connectivity index (χ1n) is 5.42. The van der Waals surface area contributed by atoms with Crippen LogP contribution >= 0.6 is 7.82 Å². The number of ether oxygens (including phenoxy) is 1. The molecule has 114 valence electrons. The number of hydrogen-bond donors (Lipinski definition) is 3. The Morgan fingerprint density at radius 3 is 2.16 bits per heavy atom. The van der Waals surface area contributed by atoms with E-state index < -0.39 is 13.8 Å². The van der Waals surface area contributed by atoms with Crippen LogP contribution in [0.4, 0.5) is 0 Å². The van der Waals surface area contributed by atoms with Crippen LogP contribution in [0, 0.1) is 0 Å². The van der Waals surface area contributed by atoms with Crippen LogP contribution in [0.1, 0.15) is 0 Å². The lowest BCUT2D eigenvalue weighted by Crippen LogP contribution is -2.37. The molecular formula is C10H23NO7P+. The zero-order valence-corrected chi connectivity index (χ0v) is 12.4. The third kappa shape index (κ3) is 22.8. The molecule has 0 unspecified atom stereocenters. The van der Waals surface area contributed by atoms with Gasteiger partial charge >= 0.3 is 13.8 Å². The number of aliphatic hydroxyl groups is 1. The molecule has 0 heterocycles. The van der Waals surface area contributed by atoms with E-state index in [1.165, 1.54) is 0 Å². The molecule has 0 aliphatic carbocycles. The molecule has 0 spiro atoms. The van der Waals surface area contributed by atoms with Crippen LogP contribution in [0.5, 0.6) is 0 Å². The number of phosphoric ester groups is 1. The summed E-state index contributed by atoms with van der Waals surface area (Å²) in [5.74, 6) is -0.501. The van der Waals surface area contributed by atoms with E-state index in [0.29, 0.717) is 11.0 Å². The molecule has 0 aromatic heterocycles. The minimum atomic E-state index is -4.26. The lowest BCUT2D eigenvalue weighted by molar-refractivity contribution is -0.870. The molecule has 0 saturated heterocycles. The Kier molecular flexibility index (Phi) is 10.9. The van der Waals surface area contributed by atoms with E-state index in [4.69, 9.17) is 14.9 Å². The van der Waals surface area contributed by atoms with Crippen molar-refractivity contribution in [3.05, 3.63) is 12.7 Å². The summed E-state index contributed by atoms with van der Waals surface area (Å²) in [6.45, 7) is 3.72. The summed E-state index contributed by atoms with van der Waals surface area (Å²) in [7, 11) is 1.50. The minimum Gasteiger partial charge on any atom is -0.460 e. The van der Waals surface area contributed by atoms with Gasteiger partial charge in [0.25, 0.3) is 0 Å². The maximum atomic E-state index is 10.2. The van der Waals surface area contributed by atoms with Crippen LogP contribution < -0.4 is 0 Å². The number of aliphatic hydroxyl groups excluding tert-OH is 1. The van der Waals surface area contributed by atoms with Crippen molar-refractivity contribution in [1.82, 2.24) is 0 Å². The summed E-state index contributed by atoms with van der Waals surface area (Å²) < 4.78 is 19.4. The quantitative estimate of drug-likeness (QED) is 0.251. The van der Waals surface area contributed by atoms with Gasteiger partial charge in [0.1, 0.15) is 19.8 Å². The molecule has 0 atom stereocenters. The average Bonchev–Trinajstić information content (AvgIpc) is 2.23. The topological polar surface area (TPSA) is 113 Å². The summed E-state index contributed by atoms with van der Waals surface area (Å²) in [6, 6.07) is 0. The molecule has 0 radical (unpaired) electrons. The summed E-state index contributed by atoms with van der Waals surface area (Å²) >= 11 is 0. The van der Waals surface area contributed by atoms with Gasteiger partial charge in [0, 0.05) is 6.08 Å². The van der Waals surface area contributed by atoms with Gasteiger partial charge in [-0.2, -0.15) is 0 Å². The second kappa shape index (κ2) is 10.1. The van der Waals surface area contributed by atoms with E-state index in [2.05, 4.69) is 15.8 Å². The van der Waals surface area contributed by atoms with Gasteiger partial charge < -0.3 is 24.1 Å². The largest absolute Gasteiger partial charge is 0.469 e. The molecular weight excluding hydrogens is 277 g/mol. The van der Waals surface area contributed by atoms with Crippen molar-refractivity contribution in [3.8, 4) is 0 Å². The van der Waals surface area contributed by atoms with Crippen LogP contribution in [0.3, 0.4) is 0 Å². The van der Waals surface area contributed by atoms with Crippen molar-refractivity contribution >= 4 is 13.8 Å². The summed E-state index contributed by atoms with van der Waals surface area (Å²) in [6.07, 6.45) is 1.05. The molecule has 0 aliphatic heterocycles. The van der Waals surface area contributed by atoms with Crippen LogP contribution in [0.15, 0.2) is 12.7 Å². The fourth-order valence-corrected chi connectivity index (χ4v) is 0.958. The second-order valence-corrected chi connectivity index (χ2v) is 5.67. The van der Waals surface area contributed by atoms with E-state index in [-0.39, 0.29) is 19.8 Å². The summed E-state index contributed by atoms with van der Waals surface area (Å²) in [5, 5.41) is 8.10. The van der Waals surface area contributed by atoms with Gasteiger partial charge in [-0.3, -0.25) is 4.52 Å². The van der Waals surface area contributed by atoms with E-state index in [0.717, 1.165) is 6.08 Å². The van der Waals surface area contributed by atoms with E-state index in [9.17, 15) is 9.36 Å². The first-order chi connectivity index (χ1) is 8.52. The molecule has 19 heavy (non-hydrogen) atoms. The van der Waals surface area contributed by atoms with Crippen LogP contribution in [0.25, 0.3) is 0 Å². The van der Waals surface area contributed by atoms with Crippen LogP contribution in [-0.4, -0.2) is 72.9 Å². The predicted molar refractivity (Wildman–Crippen MR) is 69.1 cm³/mol. The third-order valence-electron chi connectivity index (χ3n) is 1.52. The Hall–Kier alpha value is -0.760. The summed E-state index contributed by atoms with van der Waals surface area (Å²) in [5.41, 5.74) is 0. The third-order valence-corrected chi connectivity index (χ3v) is 2.04. The lowest BCUT2D eigenvalue weighted by atomic mass is 10.5. The Bertz CT molecular complexity index is 307. The number of hydrogen-bond acceptors (Lipinski definition) is 5. The number of carbonyl (C=O) groups is 1. The highest BCUT2D eigenvalue weighted by molar-refractivity contribution is 7.46. The zero-order chi connectivity index (χ0) is 15.5. The molecule has 3 N–H and O–H groups in total. The second-order valence-electron chi connectivity index (χ2n) is 4.43. The highest BCUT2D eigenvalue weighted by Crippen LogP contribution is 2.35. The van der Waals surface area contributed by atoms with Gasteiger partial charge in [-0.15, -0.1) is 0 Å². The smallest absolute Gasteiger partial charge is 0.460 e. The maximum Gasteiger partial charge on any atom is 0.469 e. The fourth-order valence-electron chi connectivity index (χ4n) is 0.639. The Balaban J connectivity index is 0. The van der Waals surface area contributed by atoms with Gasteiger partial charge in [0.15, 0.2) is 0 Å². The average molecular weight is 300 g/mol. The molecule has 0 fully saturated rings. The van der Waals surface area contributed by atoms with Crippen molar-refractivity contribution in [2.75, 3.05) is 47.5 Å². The van der Waals surface area contributed by atoms with Gasteiger partial charge in [0.2, 0.25) is 0 Å². The highest BCUT2D eigenvalue weighted by Gasteiger charge is 2.15. The summed E-state index contributed by atoms with van der Waals surface area (Å²) in [4.78, 5) is 26.7. The molecule has 0 aromatic rings. The number of nitrogens with zero attached hydrogens (tertiary/aromatic N) is 1. The number of carbonyl (C=O) groups excluding carboxylic acids is 1. The zero-order valence-electron chi connectivity index (χ0n) is 11.5. The Morgan fingerprint density at radius 1 is 1.32 bits per heavy atom. The van der Waals surface area contributed by atoms with Crippen molar-refractivity contribution < 1.29 is 38.0 Å². The van der Waals surface area contributed by atoms with Crippen LogP contribution in [0.2, 0.25) is 0 Å². The molecule has 0 saturated carbocycles. The monoisotopic (exact) mass is 300 g/mol. The molecule has 0 aliphatic rings. The lowest BCUT2D eigenvalue weighted by Gasteiger charge is -2.23. The Morgan fingerprint density at radius 2 is 1.84 bits per heavy atom. The minimum absolute atomic E-state index is 0.0465. The fraction of sp³-hybridized carbons (Fsp3) is 0.700. The van der Waals surface area contributed by atoms with E-state index in [1.807, 2.05) is 21.1 Å². The van der Waals surface area contributed by atoms with Crippen molar-refractivity contribution in [3.63, 3.8) is 0 Å². The van der Waals surface area contributed by atoms with Crippen molar-refractivity contribution in [2.45, 2.75) is 0 Å². The number of phosphoric acid groups is 1. The van der Waals surface area contributed by atoms with E-state index in [1.54, 1.807) is 0 Å². The number of esters is 1. The standard InChI is InChI=1S/C5H14NO4P.C5H8O3/c1-6(2,3)4-5-10-11(7,8)9;1-2-5(7)8-4-3-6/h4-5H2,1-3H3,(H-,7,8,9);2,6H,1,3-4H2/p+1. The molecule has 0 amide bonds. The predicted octanol–water partition coefficient (Wildman–Crippen LogP) is -0.490. The Labute approximate surface area is 113 Å². The van der Waals surface area contributed by atoms with Crippen molar-refractivity contribution in [2.24, 2.45) is 0 Å². The SMILES string of the molecule is C=CC(=O)OCCO.C[N+](C)(C)CCOP(=O)(O)O. The van der Waals surface area contributed by atoms with Gasteiger partial charge in [-0.25, -0.2) is 9.36 Å². The van der Waals surface area contributed by atoms with Gasteiger partial charge in [-0.05, 0) is 0 Å². The van der Waals surface area contributed by atoms with E-state index >= 15 is 0 Å². The molecule has 0 bridgehead atoms. The maximum absolute atomic E-state index is 10.2. The number of quaternary nitrogens is 1.